The van der Waals surface area contributed by atoms with Crippen molar-refractivity contribution in [1.82, 2.24) is 14.8 Å². The predicted octanol–water partition coefficient (Wildman–Crippen LogP) is 6.39. The van der Waals surface area contributed by atoms with Crippen molar-refractivity contribution >= 4 is 17.4 Å². The van der Waals surface area contributed by atoms with Gasteiger partial charge in [0.25, 0.3) is 0 Å². The Hall–Kier alpha value is -2.53. The van der Waals surface area contributed by atoms with Gasteiger partial charge in [-0.2, -0.15) is 0 Å². The Morgan fingerprint density at radius 3 is 2.81 bits per heavy atom. The number of aromatic nitrogens is 1. The quantitative estimate of drug-likeness (QED) is 0.494. The molecule has 1 aromatic carbocycles. The Balaban J connectivity index is 1.62. The van der Waals surface area contributed by atoms with Crippen LogP contribution in [0, 0.1) is 12.8 Å². The number of carbonyl (C=O) groups excluding carboxylic acids is 1. The molecule has 2 amide bonds. The number of hydrogen-bond acceptors (Lipinski definition) is 2. The summed E-state index contributed by atoms with van der Waals surface area (Å²) < 4.78 is 2.35. The number of urea groups is 1. The number of carbonyl (C=O) groups is 1. The number of hydrogen-bond donors (Lipinski definition) is 1. The number of thiophene rings is 1. The highest BCUT2D eigenvalue weighted by Crippen LogP contribution is 2.44. The molecule has 0 spiro atoms. The lowest BCUT2D eigenvalue weighted by Gasteiger charge is -2.31. The molecular weight excluding hydrogens is 414 g/mol. The summed E-state index contributed by atoms with van der Waals surface area (Å²) in [6.45, 7) is 7.90. The van der Waals surface area contributed by atoms with Gasteiger partial charge in [-0.15, -0.1) is 11.3 Å². The number of fused-ring (bicyclic) bond motifs is 5. The van der Waals surface area contributed by atoms with Gasteiger partial charge in [0.1, 0.15) is 5.00 Å². The van der Waals surface area contributed by atoms with Gasteiger partial charge in [-0.05, 0) is 68.2 Å². The molecule has 168 valence electrons. The Morgan fingerprint density at radius 1 is 1.16 bits per heavy atom. The predicted molar refractivity (Wildman–Crippen MR) is 132 cm³/mol. The van der Waals surface area contributed by atoms with Gasteiger partial charge >= 0.3 is 6.03 Å². The van der Waals surface area contributed by atoms with E-state index in [0.717, 1.165) is 12.8 Å². The normalized spacial score (nSPS) is 17.5. The minimum atomic E-state index is -0.109. The van der Waals surface area contributed by atoms with Crippen LogP contribution in [0.4, 0.5) is 4.79 Å². The summed E-state index contributed by atoms with van der Waals surface area (Å²) in [5, 5.41) is 4.55. The lowest BCUT2D eigenvalue weighted by atomic mass is 9.95. The third-order valence-electron chi connectivity index (χ3n) is 6.80. The van der Waals surface area contributed by atoms with Crippen molar-refractivity contribution in [1.29, 1.82) is 0 Å². The van der Waals surface area contributed by atoms with E-state index in [0.29, 0.717) is 19.0 Å². The molecule has 32 heavy (non-hydrogen) atoms. The first-order chi connectivity index (χ1) is 15.5. The number of aryl methyl sites for hydroxylation is 2. The van der Waals surface area contributed by atoms with E-state index in [1.165, 1.54) is 57.1 Å². The van der Waals surface area contributed by atoms with E-state index in [9.17, 15) is 4.79 Å². The molecule has 3 aromatic rings. The first kappa shape index (κ1) is 21.3. The van der Waals surface area contributed by atoms with Crippen LogP contribution in [0.25, 0.3) is 5.00 Å². The van der Waals surface area contributed by atoms with Crippen LogP contribution in [0.5, 0.6) is 0 Å². The van der Waals surface area contributed by atoms with E-state index in [-0.39, 0.29) is 12.1 Å². The fraction of sp³-hybridized carbons (Fsp3) is 0.444. The number of rotatable bonds is 4. The smallest absolute Gasteiger partial charge is 0.318 e. The maximum Gasteiger partial charge on any atom is 0.318 e. The van der Waals surface area contributed by atoms with Crippen molar-refractivity contribution in [2.75, 3.05) is 6.54 Å². The second kappa shape index (κ2) is 8.78. The third kappa shape index (κ3) is 3.88. The van der Waals surface area contributed by atoms with Crippen LogP contribution in [-0.4, -0.2) is 22.0 Å². The molecule has 1 N–H and O–H groups in total. The Bertz CT molecular complexity index is 1130. The summed E-state index contributed by atoms with van der Waals surface area (Å²) in [4.78, 5) is 17.2. The molecule has 0 radical (unpaired) electrons. The Morgan fingerprint density at radius 2 is 2.00 bits per heavy atom. The average molecular weight is 448 g/mol. The van der Waals surface area contributed by atoms with Crippen LogP contribution in [0.2, 0.25) is 0 Å². The molecule has 2 aliphatic rings. The number of benzene rings is 1. The molecule has 5 rings (SSSR count). The van der Waals surface area contributed by atoms with Gasteiger partial charge in [-0.1, -0.05) is 43.7 Å². The SMILES string of the molecule is Cc1cccc([C@@H]2c3cccn3-c3sc4c(c3CN2C(=O)NCCC(C)C)CCCC4)c1. The van der Waals surface area contributed by atoms with Crippen molar-refractivity contribution in [3.05, 3.63) is 75.4 Å². The summed E-state index contributed by atoms with van der Waals surface area (Å²) >= 11 is 1.94. The van der Waals surface area contributed by atoms with Crippen molar-refractivity contribution in [2.24, 2.45) is 5.92 Å². The largest absolute Gasteiger partial charge is 0.338 e. The number of nitrogens with zero attached hydrogens (tertiary/aromatic N) is 2. The monoisotopic (exact) mass is 447 g/mol. The van der Waals surface area contributed by atoms with E-state index in [2.05, 4.69) is 78.2 Å². The van der Waals surface area contributed by atoms with Gasteiger partial charge in [0.05, 0.1) is 18.3 Å². The first-order valence-corrected chi connectivity index (χ1v) is 12.8. The van der Waals surface area contributed by atoms with Crippen LogP contribution in [0.3, 0.4) is 0 Å². The summed E-state index contributed by atoms with van der Waals surface area (Å²) in [5.41, 5.74) is 6.43. The minimum Gasteiger partial charge on any atom is -0.338 e. The van der Waals surface area contributed by atoms with Gasteiger partial charge in [-0.3, -0.25) is 0 Å². The molecule has 4 nitrogen and oxygen atoms in total. The molecule has 0 unspecified atom stereocenters. The second-order valence-corrected chi connectivity index (χ2v) is 10.7. The molecule has 0 saturated carbocycles. The van der Waals surface area contributed by atoms with E-state index in [1.807, 2.05) is 11.3 Å². The van der Waals surface area contributed by atoms with Crippen LogP contribution < -0.4 is 5.32 Å². The molecule has 1 aliphatic carbocycles. The molecule has 0 fully saturated rings. The standard InChI is InChI=1S/C27H33N3OS/c1-18(2)13-14-28-27(31)30-17-22-21-10-4-5-12-24(21)32-26(22)29-15-7-11-23(29)25(30)20-9-6-8-19(3)16-20/h6-9,11,15-16,18,25H,4-5,10,12-14,17H2,1-3H3,(H,28,31)/t25-/m1/s1. The maximum atomic E-state index is 13.6. The van der Waals surface area contributed by atoms with E-state index in [1.54, 1.807) is 0 Å². The second-order valence-electron chi connectivity index (χ2n) is 9.66. The average Bonchev–Trinajstić information content (AvgIpc) is 3.35. The number of amides is 2. The molecule has 2 aromatic heterocycles. The zero-order chi connectivity index (χ0) is 22.2. The zero-order valence-electron chi connectivity index (χ0n) is 19.4. The van der Waals surface area contributed by atoms with Gasteiger partial charge in [0.2, 0.25) is 0 Å². The van der Waals surface area contributed by atoms with E-state index in [4.69, 9.17) is 0 Å². The van der Waals surface area contributed by atoms with Crippen LogP contribution >= 0.6 is 11.3 Å². The van der Waals surface area contributed by atoms with E-state index >= 15 is 0 Å². The Kier molecular flexibility index (Phi) is 5.85. The van der Waals surface area contributed by atoms with E-state index < -0.39 is 0 Å². The maximum absolute atomic E-state index is 13.6. The molecule has 1 aliphatic heterocycles. The summed E-state index contributed by atoms with van der Waals surface area (Å²) in [6, 6.07) is 12.9. The lowest BCUT2D eigenvalue weighted by Crippen LogP contribution is -2.42. The number of nitrogens with one attached hydrogen (secondary N) is 1. The van der Waals surface area contributed by atoms with Crippen molar-refractivity contribution < 1.29 is 4.79 Å². The first-order valence-electron chi connectivity index (χ1n) is 11.9. The molecule has 0 saturated heterocycles. The minimum absolute atomic E-state index is 0.0357. The molecule has 1 atom stereocenters. The Labute approximate surface area is 195 Å². The van der Waals surface area contributed by atoms with Gasteiger partial charge in [-0.25, -0.2) is 4.79 Å². The molecule has 5 heteroatoms. The third-order valence-corrected chi connectivity index (χ3v) is 8.13. The summed E-state index contributed by atoms with van der Waals surface area (Å²) in [7, 11) is 0. The fourth-order valence-corrected chi connectivity index (χ4v) is 6.55. The van der Waals surface area contributed by atoms with Crippen molar-refractivity contribution in [3.63, 3.8) is 0 Å². The van der Waals surface area contributed by atoms with Crippen LogP contribution in [0.1, 0.15) is 72.0 Å². The van der Waals surface area contributed by atoms with Crippen molar-refractivity contribution in [3.8, 4) is 5.00 Å². The van der Waals surface area contributed by atoms with Gasteiger partial charge in [0, 0.05) is 23.2 Å². The lowest BCUT2D eigenvalue weighted by molar-refractivity contribution is 0.180. The zero-order valence-corrected chi connectivity index (χ0v) is 20.2. The molecular formula is C27H33N3OS. The van der Waals surface area contributed by atoms with Crippen LogP contribution in [0.15, 0.2) is 42.6 Å². The highest BCUT2D eigenvalue weighted by molar-refractivity contribution is 7.15. The van der Waals surface area contributed by atoms with Gasteiger partial charge < -0.3 is 14.8 Å². The summed E-state index contributed by atoms with van der Waals surface area (Å²) in [5.74, 6) is 0.569. The summed E-state index contributed by atoms with van der Waals surface area (Å²) in [6.07, 6.45) is 8.00. The van der Waals surface area contributed by atoms with Gasteiger partial charge in [0.15, 0.2) is 0 Å². The molecule has 0 bridgehead atoms. The van der Waals surface area contributed by atoms with Crippen LogP contribution in [-0.2, 0) is 19.4 Å². The fourth-order valence-electron chi connectivity index (χ4n) is 5.15. The highest BCUT2D eigenvalue weighted by atomic mass is 32.1. The van der Waals surface area contributed by atoms with Crippen molar-refractivity contribution in [2.45, 2.75) is 65.5 Å². The topological polar surface area (TPSA) is 37.3 Å². The molecule has 3 heterocycles. The highest BCUT2D eigenvalue weighted by Gasteiger charge is 2.35.